The maximum Gasteiger partial charge on any atom is 0.224 e. The van der Waals surface area contributed by atoms with Crippen LogP contribution >= 0.6 is 0 Å². The van der Waals surface area contributed by atoms with Crippen LogP contribution in [0.2, 0.25) is 0 Å². The third-order valence-electron chi connectivity index (χ3n) is 1.86. The van der Waals surface area contributed by atoms with Crippen molar-refractivity contribution in [2.75, 3.05) is 17.7 Å². The molecule has 1 unspecified atom stereocenters. The van der Waals surface area contributed by atoms with Crippen LogP contribution in [0.1, 0.15) is 13.3 Å². The first-order chi connectivity index (χ1) is 7.52. The van der Waals surface area contributed by atoms with Gasteiger partial charge in [-0.25, -0.2) is 9.37 Å². The van der Waals surface area contributed by atoms with Crippen LogP contribution in [-0.2, 0) is 4.79 Å². The standard InChI is InChI=1S/C9H14FN5O/c1-5(3-7(11)16)14-8-6(10)4-13-9(12-2)15-8/h4-5H,3H2,1-2H3,(H2,11,16)(H2,12,13,14,15). The highest BCUT2D eigenvalue weighted by atomic mass is 19.1. The van der Waals surface area contributed by atoms with Crippen LogP contribution < -0.4 is 16.4 Å². The highest BCUT2D eigenvalue weighted by Crippen LogP contribution is 2.13. The SMILES string of the molecule is CNc1ncc(F)c(NC(C)CC(N)=O)n1. The number of hydrogen-bond donors (Lipinski definition) is 3. The molecular weight excluding hydrogens is 213 g/mol. The number of anilines is 2. The normalized spacial score (nSPS) is 11.9. The fourth-order valence-corrected chi connectivity index (χ4v) is 1.18. The number of nitrogens with two attached hydrogens (primary N) is 1. The van der Waals surface area contributed by atoms with Gasteiger partial charge >= 0.3 is 0 Å². The van der Waals surface area contributed by atoms with Gasteiger partial charge in [0.25, 0.3) is 0 Å². The second-order valence-electron chi connectivity index (χ2n) is 3.36. The van der Waals surface area contributed by atoms with Crippen LogP contribution in [0.4, 0.5) is 16.2 Å². The molecule has 1 atom stereocenters. The summed E-state index contributed by atoms with van der Waals surface area (Å²) in [6.45, 7) is 1.71. The van der Waals surface area contributed by atoms with E-state index in [4.69, 9.17) is 5.73 Å². The minimum absolute atomic E-state index is 0.0492. The quantitative estimate of drug-likeness (QED) is 0.674. The molecule has 1 aromatic rings. The summed E-state index contributed by atoms with van der Waals surface area (Å²) < 4.78 is 13.3. The van der Waals surface area contributed by atoms with E-state index in [9.17, 15) is 9.18 Å². The number of primary amides is 1. The first kappa shape index (κ1) is 12.2. The van der Waals surface area contributed by atoms with Crippen molar-refractivity contribution in [2.24, 2.45) is 5.73 Å². The van der Waals surface area contributed by atoms with Gasteiger partial charge in [-0.05, 0) is 6.92 Å². The van der Waals surface area contributed by atoms with E-state index in [0.29, 0.717) is 5.95 Å². The van der Waals surface area contributed by atoms with Crippen molar-refractivity contribution in [2.45, 2.75) is 19.4 Å². The fraction of sp³-hybridized carbons (Fsp3) is 0.444. The maximum atomic E-state index is 13.3. The molecule has 0 aliphatic carbocycles. The molecule has 1 heterocycles. The summed E-state index contributed by atoms with van der Waals surface area (Å²) in [6, 6.07) is -0.286. The van der Waals surface area contributed by atoms with Gasteiger partial charge in [-0.1, -0.05) is 0 Å². The van der Waals surface area contributed by atoms with Crippen molar-refractivity contribution >= 4 is 17.7 Å². The Morgan fingerprint density at radius 1 is 1.69 bits per heavy atom. The summed E-state index contributed by atoms with van der Waals surface area (Å²) in [4.78, 5) is 18.2. The van der Waals surface area contributed by atoms with Gasteiger partial charge in [0.2, 0.25) is 11.9 Å². The highest BCUT2D eigenvalue weighted by Gasteiger charge is 2.11. The van der Waals surface area contributed by atoms with E-state index in [0.717, 1.165) is 6.20 Å². The van der Waals surface area contributed by atoms with Crippen LogP contribution in [0.5, 0.6) is 0 Å². The summed E-state index contributed by atoms with van der Waals surface area (Å²) in [7, 11) is 1.63. The molecule has 1 aromatic heterocycles. The van der Waals surface area contributed by atoms with Gasteiger partial charge in [-0.3, -0.25) is 4.79 Å². The lowest BCUT2D eigenvalue weighted by Gasteiger charge is -2.13. The molecule has 0 saturated heterocycles. The molecule has 16 heavy (non-hydrogen) atoms. The van der Waals surface area contributed by atoms with Gasteiger partial charge < -0.3 is 16.4 Å². The number of nitrogens with one attached hydrogen (secondary N) is 2. The molecule has 0 spiro atoms. The number of hydrogen-bond acceptors (Lipinski definition) is 5. The third kappa shape index (κ3) is 3.34. The summed E-state index contributed by atoms with van der Waals surface area (Å²) in [5.74, 6) is -0.679. The first-order valence-electron chi connectivity index (χ1n) is 4.78. The van der Waals surface area contributed by atoms with Crippen molar-refractivity contribution in [1.29, 1.82) is 0 Å². The Morgan fingerprint density at radius 3 is 2.94 bits per heavy atom. The monoisotopic (exact) mass is 227 g/mol. The predicted molar refractivity (Wildman–Crippen MR) is 58.4 cm³/mol. The molecule has 0 aliphatic rings. The Kier molecular flexibility index (Phi) is 3.98. The molecule has 7 heteroatoms. The minimum atomic E-state index is -0.574. The second-order valence-corrected chi connectivity index (χ2v) is 3.36. The van der Waals surface area contributed by atoms with Crippen LogP contribution in [0, 0.1) is 5.82 Å². The molecule has 1 amide bonds. The average Bonchev–Trinajstić information content (AvgIpc) is 2.20. The lowest BCUT2D eigenvalue weighted by Crippen LogP contribution is -2.25. The average molecular weight is 227 g/mol. The number of aromatic nitrogens is 2. The molecule has 0 radical (unpaired) electrons. The molecule has 0 fully saturated rings. The number of amides is 1. The van der Waals surface area contributed by atoms with Crippen molar-refractivity contribution in [3.05, 3.63) is 12.0 Å². The van der Waals surface area contributed by atoms with Gasteiger partial charge in [0, 0.05) is 19.5 Å². The topological polar surface area (TPSA) is 92.9 Å². The van der Waals surface area contributed by atoms with E-state index in [2.05, 4.69) is 20.6 Å². The van der Waals surface area contributed by atoms with E-state index in [1.165, 1.54) is 0 Å². The Morgan fingerprint density at radius 2 is 2.38 bits per heavy atom. The van der Waals surface area contributed by atoms with E-state index < -0.39 is 11.7 Å². The Hall–Kier alpha value is -1.92. The van der Waals surface area contributed by atoms with Crippen LogP contribution in [0.15, 0.2) is 6.20 Å². The number of halogens is 1. The molecular formula is C9H14FN5O. The third-order valence-corrected chi connectivity index (χ3v) is 1.86. The zero-order valence-corrected chi connectivity index (χ0v) is 9.12. The van der Waals surface area contributed by atoms with Gasteiger partial charge in [0.15, 0.2) is 11.6 Å². The lowest BCUT2D eigenvalue weighted by molar-refractivity contribution is -0.118. The molecule has 88 valence electrons. The number of carbonyl (C=O) groups excluding carboxylic acids is 1. The molecule has 0 saturated carbocycles. The summed E-state index contributed by atoms with van der Waals surface area (Å²) >= 11 is 0. The molecule has 0 aliphatic heterocycles. The van der Waals surface area contributed by atoms with Gasteiger partial charge in [0.05, 0.1) is 6.20 Å². The summed E-state index contributed by atoms with van der Waals surface area (Å²) in [5, 5.41) is 5.44. The molecule has 1 rings (SSSR count). The van der Waals surface area contributed by atoms with Crippen molar-refractivity contribution in [3.8, 4) is 0 Å². The summed E-state index contributed by atoms with van der Waals surface area (Å²) in [6.07, 6.45) is 1.16. The molecule has 0 bridgehead atoms. The highest BCUT2D eigenvalue weighted by molar-refractivity contribution is 5.74. The van der Waals surface area contributed by atoms with Crippen molar-refractivity contribution in [3.63, 3.8) is 0 Å². The smallest absolute Gasteiger partial charge is 0.224 e. The lowest BCUT2D eigenvalue weighted by atomic mass is 10.2. The van der Waals surface area contributed by atoms with Gasteiger partial charge in [-0.15, -0.1) is 0 Å². The number of carbonyl (C=O) groups is 1. The zero-order valence-electron chi connectivity index (χ0n) is 9.12. The van der Waals surface area contributed by atoms with Crippen molar-refractivity contribution in [1.82, 2.24) is 9.97 Å². The number of rotatable bonds is 5. The first-order valence-corrected chi connectivity index (χ1v) is 4.78. The predicted octanol–water partition coefficient (Wildman–Crippen LogP) is 0.333. The Bertz CT molecular complexity index is 384. The maximum absolute atomic E-state index is 13.3. The molecule has 0 aromatic carbocycles. The second kappa shape index (κ2) is 5.24. The van der Waals surface area contributed by atoms with E-state index in [1.807, 2.05) is 0 Å². The minimum Gasteiger partial charge on any atom is -0.370 e. The summed E-state index contributed by atoms with van der Waals surface area (Å²) in [5.41, 5.74) is 5.02. The van der Waals surface area contributed by atoms with Crippen LogP contribution in [0.3, 0.4) is 0 Å². The van der Waals surface area contributed by atoms with Crippen molar-refractivity contribution < 1.29 is 9.18 Å². The Labute approximate surface area is 92.5 Å². The molecule has 6 nitrogen and oxygen atoms in total. The van der Waals surface area contributed by atoms with Crippen LogP contribution in [-0.4, -0.2) is 29.0 Å². The van der Waals surface area contributed by atoms with E-state index in [-0.39, 0.29) is 18.3 Å². The van der Waals surface area contributed by atoms with Gasteiger partial charge in [-0.2, -0.15) is 4.98 Å². The van der Waals surface area contributed by atoms with Gasteiger partial charge in [0.1, 0.15) is 0 Å². The van der Waals surface area contributed by atoms with Crippen LogP contribution in [0.25, 0.3) is 0 Å². The molecule has 4 N–H and O–H groups in total. The zero-order chi connectivity index (χ0) is 12.1. The largest absolute Gasteiger partial charge is 0.370 e. The fourth-order valence-electron chi connectivity index (χ4n) is 1.18. The van der Waals surface area contributed by atoms with E-state index >= 15 is 0 Å². The Balaban J connectivity index is 2.75. The number of nitrogens with zero attached hydrogens (tertiary/aromatic N) is 2. The van der Waals surface area contributed by atoms with E-state index in [1.54, 1.807) is 14.0 Å².